The summed E-state index contributed by atoms with van der Waals surface area (Å²) < 4.78 is 27.1. The van der Waals surface area contributed by atoms with Crippen LogP contribution in [0.5, 0.6) is 0 Å². The molecule has 0 unspecified atom stereocenters. The molecule has 0 aliphatic carbocycles. The number of benzene rings is 2. The van der Waals surface area contributed by atoms with Gasteiger partial charge in [-0.25, -0.2) is 8.42 Å². The van der Waals surface area contributed by atoms with Crippen LogP contribution in [0.4, 0.5) is 11.4 Å². The first-order valence-electron chi connectivity index (χ1n) is 6.13. The molecule has 2 aromatic carbocycles. The molecule has 8 heteroatoms. The molecule has 0 heterocycles. The summed E-state index contributed by atoms with van der Waals surface area (Å²) in [6, 6.07) is 10.4. The van der Waals surface area contributed by atoms with Crippen LogP contribution in [0.25, 0.3) is 0 Å². The number of amides is 1. The van der Waals surface area contributed by atoms with Gasteiger partial charge in [0.05, 0.1) is 10.6 Å². The van der Waals surface area contributed by atoms with Crippen molar-refractivity contribution in [1.29, 1.82) is 0 Å². The Labute approximate surface area is 138 Å². The molecule has 22 heavy (non-hydrogen) atoms. The third-order valence-electron chi connectivity index (χ3n) is 2.58. The van der Waals surface area contributed by atoms with Crippen LogP contribution in [0.15, 0.2) is 47.4 Å². The van der Waals surface area contributed by atoms with Gasteiger partial charge in [-0.15, -0.1) is 0 Å². The van der Waals surface area contributed by atoms with Crippen molar-refractivity contribution in [2.75, 3.05) is 10.0 Å². The Kier molecular flexibility index (Phi) is 4.95. The molecule has 0 radical (unpaired) electrons. The van der Waals surface area contributed by atoms with E-state index in [1.54, 1.807) is 18.2 Å². The largest absolute Gasteiger partial charge is 0.326 e. The molecule has 0 atom stereocenters. The second-order valence-electron chi connectivity index (χ2n) is 4.47. The van der Waals surface area contributed by atoms with Crippen LogP contribution in [-0.4, -0.2) is 14.3 Å². The van der Waals surface area contributed by atoms with Crippen molar-refractivity contribution in [2.24, 2.45) is 0 Å². The maximum Gasteiger partial charge on any atom is 0.261 e. The molecule has 2 aromatic rings. The zero-order valence-electron chi connectivity index (χ0n) is 11.4. The molecule has 0 aliphatic rings. The number of carbonyl (C=O) groups excluding carboxylic acids is 1. The molecule has 0 aliphatic heterocycles. The van der Waals surface area contributed by atoms with Gasteiger partial charge in [0, 0.05) is 22.7 Å². The smallest absolute Gasteiger partial charge is 0.261 e. The first-order chi connectivity index (χ1) is 10.3. The molecule has 1 amide bonds. The van der Waals surface area contributed by atoms with Gasteiger partial charge in [-0.1, -0.05) is 29.3 Å². The minimum absolute atomic E-state index is 0.0464. The van der Waals surface area contributed by atoms with Crippen molar-refractivity contribution in [1.82, 2.24) is 0 Å². The zero-order chi connectivity index (χ0) is 16.3. The van der Waals surface area contributed by atoms with Crippen molar-refractivity contribution >= 4 is 50.5 Å². The van der Waals surface area contributed by atoms with Crippen LogP contribution in [0.3, 0.4) is 0 Å². The maximum atomic E-state index is 12.3. The van der Waals surface area contributed by atoms with Crippen molar-refractivity contribution in [2.45, 2.75) is 11.8 Å². The molecule has 116 valence electrons. The van der Waals surface area contributed by atoms with Crippen molar-refractivity contribution < 1.29 is 13.2 Å². The summed E-state index contributed by atoms with van der Waals surface area (Å²) in [5, 5.41) is 3.02. The van der Waals surface area contributed by atoms with Crippen LogP contribution in [0.1, 0.15) is 6.92 Å². The van der Waals surface area contributed by atoms with Gasteiger partial charge in [0.2, 0.25) is 5.91 Å². The summed E-state index contributed by atoms with van der Waals surface area (Å²) in [6.07, 6.45) is 0. The minimum atomic E-state index is -3.84. The van der Waals surface area contributed by atoms with E-state index in [4.69, 9.17) is 23.2 Å². The van der Waals surface area contributed by atoms with Crippen LogP contribution in [0, 0.1) is 0 Å². The van der Waals surface area contributed by atoms with E-state index in [0.29, 0.717) is 11.4 Å². The van der Waals surface area contributed by atoms with E-state index in [1.165, 1.54) is 31.2 Å². The number of sulfonamides is 1. The summed E-state index contributed by atoms with van der Waals surface area (Å²) in [4.78, 5) is 11.0. The molecule has 2 N–H and O–H groups in total. The fourth-order valence-electron chi connectivity index (χ4n) is 1.76. The third kappa shape index (κ3) is 4.37. The van der Waals surface area contributed by atoms with E-state index in [1.807, 2.05) is 0 Å². The standard InChI is InChI=1S/C14H12Cl2N2O3S/c1-9(19)17-12-3-2-4-13(8-12)18-22(20,21)14-6-10(15)5-11(16)7-14/h2-8,18H,1H3,(H,17,19). The first-order valence-corrected chi connectivity index (χ1v) is 8.37. The fourth-order valence-corrected chi connectivity index (χ4v) is 3.54. The molecule has 0 aromatic heterocycles. The summed E-state index contributed by atoms with van der Waals surface area (Å²) >= 11 is 11.6. The minimum Gasteiger partial charge on any atom is -0.326 e. The van der Waals surface area contributed by atoms with Gasteiger partial charge >= 0.3 is 0 Å². The van der Waals surface area contributed by atoms with Crippen molar-refractivity contribution in [3.8, 4) is 0 Å². The molecular weight excluding hydrogens is 347 g/mol. The topological polar surface area (TPSA) is 75.3 Å². The van der Waals surface area contributed by atoms with Crippen LogP contribution >= 0.6 is 23.2 Å². The number of carbonyl (C=O) groups is 1. The summed E-state index contributed by atoms with van der Waals surface area (Å²) in [5.74, 6) is -0.248. The Morgan fingerprint density at radius 2 is 1.59 bits per heavy atom. The van der Waals surface area contributed by atoms with Crippen LogP contribution in [0.2, 0.25) is 10.0 Å². The normalized spacial score (nSPS) is 11.0. The van der Waals surface area contributed by atoms with E-state index in [9.17, 15) is 13.2 Å². The molecule has 0 saturated heterocycles. The Morgan fingerprint density at radius 3 is 2.18 bits per heavy atom. The average Bonchev–Trinajstić information content (AvgIpc) is 2.36. The van der Waals surface area contributed by atoms with Gasteiger partial charge in [-0.2, -0.15) is 0 Å². The molecule has 0 bridgehead atoms. The predicted octanol–water partition coefficient (Wildman–Crippen LogP) is 3.75. The SMILES string of the molecule is CC(=O)Nc1cccc(NS(=O)(=O)c2cc(Cl)cc(Cl)c2)c1. The highest BCUT2D eigenvalue weighted by molar-refractivity contribution is 7.92. The van der Waals surface area contributed by atoms with Gasteiger partial charge in [-0.3, -0.25) is 9.52 Å². The Bertz CT molecular complexity index is 802. The zero-order valence-corrected chi connectivity index (χ0v) is 13.8. The highest BCUT2D eigenvalue weighted by Crippen LogP contribution is 2.25. The summed E-state index contributed by atoms with van der Waals surface area (Å²) in [6.45, 7) is 1.37. The molecule has 0 fully saturated rings. The second-order valence-corrected chi connectivity index (χ2v) is 7.03. The lowest BCUT2D eigenvalue weighted by Gasteiger charge is -2.10. The Hall–Kier alpha value is -1.76. The van der Waals surface area contributed by atoms with E-state index in [-0.39, 0.29) is 20.8 Å². The van der Waals surface area contributed by atoms with E-state index in [2.05, 4.69) is 10.0 Å². The fraction of sp³-hybridized carbons (Fsp3) is 0.0714. The number of hydrogen-bond acceptors (Lipinski definition) is 3. The second kappa shape index (κ2) is 6.56. The number of hydrogen-bond donors (Lipinski definition) is 2. The predicted molar refractivity (Wildman–Crippen MR) is 88.0 cm³/mol. The lowest BCUT2D eigenvalue weighted by molar-refractivity contribution is -0.114. The van der Waals surface area contributed by atoms with Crippen LogP contribution < -0.4 is 10.0 Å². The highest BCUT2D eigenvalue weighted by Gasteiger charge is 2.16. The number of anilines is 2. The van der Waals surface area contributed by atoms with Gasteiger partial charge < -0.3 is 5.32 Å². The molecule has 2 rings (SSSR count). The van der Waals surface area contributed by atoms with E-state index in [0.717, 1.165) is 0 Å². The van der Waals surface area contributed by atoms with Gasteiger partial charge in [0.1, 0.15) is 0 Å². The number of halogens is 2. The monoisotopic (exact) mass is 358 g/mol. The maximum absolute atomic E-state index is 12.3. The Balaban J connectivity index is 2.30. The molecule has 0 saturated carbocycles. The number of nitrogens with one attached hydrogen (secondary N) is 2. The average molecular weight is 359 g/mol. The lowest BCUT2D eigenvalue weighted by Crippen LogP contribution is -2.13. The van der Waals surface area contributed by atoms with Gasteiger partial charge in [0.15, 0.2) is 0 Å². The lowest BCUT2D eigenvalue weighted by atomic mass is 10.3. The molecule has 0 spiro atoms. The first kappa shape index (κ1) is 16.6. The quantitative estimate of drug-likeness (QED) is 0.873. The Morgan fingerprint density at radius 1 is 1.00 bits per heavy atom. The third-order valence-corrected chi connectivity index (χ3v) is 4.38. The van der Waals surface area contributed by atoms with Gasteiger partial charge in [0.25, 0.3) is 10.0 Å². The van der Waals surface area contributed by atoms with Crippen LogP contribution in [-0.2, 0) is 14.8 Å². The highest BCUT2D eigenvalue weighted by atomic mass is 35.5. The van der Waals surface area contributed by atoms with E-state index < -0.39 is 10.0 Å². The molecule has 5 nitrogen and oxygen atoms in total. The molecular formula is C14H12Cl2N2O3S. The number of rotatable bonds is 4. The van der Waals surface area contributed by atoms with Crippen molar-refractivity contribution in [3.63, 3.8) is 0 Å². The van der Waals surface area contributed by atoms with Gasteiger partial charge in [-0.05, 0) is 36.4 Å². The van der Waals surface area contributed by atoms with Crippen molar-refractivity contribution in [3.05, 3.63) is 52.5 Å². The summed E-state index contributed by atoms with van der Waals surface area (Å²) in [7, 11) is -3.84. The van der Waals surface area contributed by atoms with E-state index >= 15 is 0 Å². The summed E-state index contributed by atoms with van der Waals surface area (Å²) in [5.41, 5.74) is 0.791.